The molecule has 3 heteroatoms. The maximum atomic E-state index is 13.0. The van der Waals surface area contributed by atoms with Crippen molar-refractivity contribution in [3.05, 3.63) is 0 Å². The molecule has 122 valence electrons. The normalized spacial score (nSPS) is 21.0. The maximum absolute atomic E-state index is 13.0. The topological polar surface area (TPSA) is 35.5 Å². The Morgan fingerprint density at radius 3 is 1.95 bits per heavy atom. The number of carbonyl (C=O) groups is 1. The van der Waals surface area contributed by atoms with Gasteiger partial charge in [-0.15, -0.1) is 0 Å². The van der Waals surface area contributed by atoms with Crippen molar-refractivity contribution in [2.75, 3.05) is 19.8 Å². The molecule has 0 heterocycles. The average Bonchev–Trinajstić information content (AvgIpc) is 3.19. The molecule has 0 spiro atoms. The standard InChI is InChI=1S/C18H32O3/c1-3-13-21-17(19)18(14-20-4-2,15-9-5-6-10-15)16-11-7-8-12-16/h15-16H,3-14H2,1-2H3. The van der Waals surface area contributed by atoms with Gasteiger partial charge in [-0.1, -0.05) is 32.6 Å². The summed E-state index contributed by atoms with van der Waals surface area (Å²) in [4.78, 5) is 13.0. The Bertz CT molecular complexity index is 298. The molecule has 0 saturated heterocycles. The van der Waals surface area contributed by atoms with Crippen LogP contribution in [-0.2, 0) is 14.3 Å². The van der Waals surface area contributed by atoms with Gasteiger partial charge in [-0.25, -0.2) is 0 Å². The van der Waals surface area contributed by atoms with E-state index in [-0.39, 0.29) is 11.4 Å². The third-order valence-electron chi connectivity index (χ3n) is 5.53. The summed E-state index contributed by atoms with van der Waals surface area (Å²) in [5, 5.41) is 0. The number of carbonyl (C=O) groups excluding carboxylic acids is 1. The lowest BCUT2D eigenvalue weighted by Crippen LogP contribution is -2.48. The van der Waals surface area contributed by atoms with Crippen LogP contribution in [-0.4, -0.2) is 25.8 Å². The van der Waals surface area contributed by atoms with Gasteiger partial charge in [-0.3, -0.25) is 4.79 Å². The molecule has 0 aliphatic heterocycles. The first kappa shape index (κ1) is 16.8. The first-order valence-corrected chi connectivity index (χ1v) is 9.00. The van der Waals surface area contributed by atoms with Gasteiger partial charge in [-0.2, -0.15) is 0 Å². The molecule has 2 fully saturated rings. The average molecular weight is 296 g/mol. The molecule has 0 aromatic carbocycles. The van der Waals surface area contributed by atoms with Crippen molar-refractivity contribution in [2.24, 2.45) is 17.3 Å². The third kappa shape index (κ3) is 3.61. The van der Waals surface area contributed by atoms with Crippen LogP contribution in [0.1, 0.15) is 71.6 Å². The highest BCUT2D eigenvalue weighted by Gasteiger charge is 2.53. The van der Waals surface area contributed by atoms with Crippen LogP contribution in [0.25, 0.3) is 0 Å². The van der Waals surface area contributed by atoms with Crippen LogP contribution in [0.4, 0.5) is 0 Å². The van der Waals surface area contributed by atoms with E-state index in [1.54, 1.807) is 0 Å². The van der Waals surface area contributed by atoms with Crippen molar-refractivity contribution in [1.82, 2.24) is 0 Å². The van der Waals surface area contributed by atoms with E-state index in [1.807, 2.05) is 6.92 Å². The molecule has 0 radical (unpaired) electrons. The SMILES string of the molecule is CCCOC(=O)C(COCC)(C1CCCC1)C1CCCC1. The summed E-state index contributed by atoms with van der Waals surface area (Å²) in [6, 6.07) is 0. The summed E-state index contributed by atoms with van der Waals surface area (Å²) in [5.74, 6) is 0.976. The van der Waals surface area contributed by atoms with Crippen LogP contribution in [0.15, 0.2) is 0 Å². The van der Waals surface area contributed by atoms with Gasteiger partial charge in [0.05, 0.1) is 18.6 Å². The largest absolute Gasteiger partial charge is 0.465 e. The predicted molar refractivity (Wildman–Crippen MR) is 84.1 cm³/mol. The number of rotatable bonds is 8. The first-order valence-electron chi connectivity index (χ1n) is 9.00. The summed E-state index contributed by atoms with van der Waals surface area (Å²) in [6.07, 6.45) is 10.6. The molecule has 2 aliphatic rings. The first-order chi connectivity index (χ1) is 10.3. The van der Waals surface area contributed by atoms with Crippen molar-refractivity contribution in [3.63, 3.8) is 0 Å². The second kappa shape index (κ2) is 8.17. The molecule has 0 amide bonds. The number of ether oxygens (including phenoxy) is 2. The minimum absolute atomic E-state index is 0.0385. The molecular formula is C18H32O3. The van der Waals surface area contributed by atoms with Crippen molar-refractivity contribution < 1.29 is 14.3 Å². The molecule has 0 atom stereocenters. The zero-order chi connectivity index (χ0) is 15.1. The van der Waals surface area contributed by atoms with Gasteiger partial charge in [0.25, 0.3) is 0 Å². The Morgan fingerprint density at radius 2 is 1.52 bits per heavy atom. The van der Waals surface area contributed by atoms with Gasteiger partial charge in [0.2, 0.25) is 0 Å². The molecule has 0 bridgehead atoms. The molecule has 2 saturated carbocycles. The fourth-order valence-electron chi connectivity index (χ4n) is 4.44. The van der Waals surface area contributed by atoms with E-state index in [0.29, 0.717) is 31.7 Å². The molecule has 2 rings (SSSR count). The lowest BCUT2D eigenvalue weighted by molar-refractivity contribution is -0.171. The molecule has 3 nitrogen and oxygen atoms in total. The molecule has 21 heavy (non-hydrogen) atoms. The second-order valence-corrected chi connectivity index (χ2v) is 6.78. The Kier molecular flexibility index (Phi) is 6.53. The molecule has 0 aromatic rings. The smallest absolute Gasteiger partial charge is 0.314 e. The Hall–Kier alpha value is -0.570. The molecule has 0 unspecified atom stereocenters. The fourth-order valence-corrected chi connectivity index (χ4v) is 4.44. The van der Waals surface area contributed by atoms with E-state index < -0.39 is 0 Å². The maximum Gasteiger partial charge on any atom is 0.314 e. The minimum atomic E-state index is -0.363. The zero-order valence-electron chi connectivity index (χ0n) is 13.9. The van der Waals surface area contributed by atoms with Crippen LogP contribution >= 0.6 is 0 Å². The highest BCUT2D eigenvalue weighted by Crippen LogP contribution is 2.51. The molecular weight excluding hydrogens is 264 g/mol. The Morgan fingerprint density at radius 1 is 1.00 bits per heavy atom. The number of hydrogen-bond donors (Lipinski definition) is 0. The van der Waals surface area contributed by atoms with Crippen LogP contribution in [0.2, 0.25) is 0 Å². The summed E-state index contributed by atoms with van der Waals surface area (Å²) < 4.78 is 11.5. The van der Waals surface area contributed by atoms with E-state index in [0.717, 1.165) is 6.42 Å². The number of hydrogen-bond acceptors (Lipinski definition) is 3. The highest BCUT2D eigenvalue weighted by molar-refractivity contribution is 5.78. The van der Waals surface area contributed by atoms with E-state index in [4.69, 9.17) is 9.47 Å². The van der Waals surface area contributed by atoms with Crippen molar-refractivity contribution >= 4 is 5.97 Å². The van der Waals surface area contributed by atoms with Crippen LogP contribution in [0.5, 0.6) is 0 Å². The van der Waals surface area contributed by atoms with E-state index in [9.17, 15) is 4.79 Å². The van der Waals surface area contributed by atoms with Crippen LogP contribution in [0.3, 0.4) is 0 Å². The van der Waals surface area contributed by atoms with Gasteiger partial charge < -0.3 is 9.47 Å². The van der Waals surface area contributed by atoms with Crippen LogP contribution < -0.4 is 0 Å². The highest BCUT2D eigenvalue weighted by atomic mass is 16.5. The zero-order valence-corrected chi connectivity index (χ0v) is 13.9. The van der Waals surface area contributed by atoms with E-state index >= 15 is 0 Å². The lowest BCUT2D eigenvalue weighted by Gasteiger charge is -2.41. The van der Waals surface area contributed by atoms with Crippen molar-refractivity contribution in [1.29, 1.82) is 0 Å². The van der Waals surface area contributed by atoms with Crippen molar-refractivity contribution in [2.45, 2.75) is 71.6 Å². The van der Waals surface area contributed by atoms with Gasteiger partial charge in [0.1, 0.15) is 0 Å². The lowest BCUT2D eigenvalue weighted by atomic mass is 9.65. The van der Waals surface area contributed by atoms with Gasteiger partial charge in [0, 0.05) is 6.61 Å². The number of esters is 1. The van der Waals surface area contributed by atoms with E-state index in [2.05, 4.69) is 6.92 Å². The second-order valence-electron chi connectivity index (χ2n) is 6.78. The quantitative estimate of drug-likeness (QED) is 0.625. The fraction of sp³-hybridized carbons (Fsp3) is 0.944. The summed E-state index contributed by atoms with van der Waals surface area (Å²) in [7, 11) is 0. The monoisotopic (exact) mass is 296 g/mol. The van der Waals surface area contributed by atoms with Gasteiger partial charge in [-0.05, 0) is 50.9 Å². The van der Waals surface area contributed by atoms with Crippen LogP contribution in [0, 0.1) is 17.3 Å². The van der Waals surface area contributed by atoms with Crippen molar-refractivity contribution in [3.8, 4) is 0 Å². The summed E-state index contributed by atoms with van der Waals surface area (Å²) >= 11 is 0. The summed E-state index contributed by atoms with van der Waals surface area (Å²) in [5.41, 5.74) is -0.363. The Balaban J connectivity index is 2.23. The molecule has 0 N–H and O–H groups in total. The third-order valence-corrected chi connectivity index (χ3v) is 5.53. The summed E-state index contributed by atoms with van der Waals surface area (Å²) in [6.45, 7) is 5.88. The molecule has 2 aliphatic carbocycles. The predicted octanol–water partition coefficient (Wildman–Crippen LogP) is 4.34. The van der Waals surface area contributed by atoms with Gasteiger partial charge >= 0.3 is 5.97 Å². The minimum Gasteiger partial charge on any atom is -0.465 e. The Labute approximate surface area is 129 Å². The molecule has 0 aromatic heterocycles. The van der Waals surface area contributed by atoms with Gasteiger partial charge in [0.15, 0.2) is 0 Å². The van der Waals surface area contributed by atoms with E-state index in [1.165, 1.54) is 51.4 Å².